The average molecular weight is 356 g/mol. The van der Waals surface area contributed by atoms with E-state index in [-0.39, 0.29) is 23.6 Å². The van der Waals surface area contributed by atoms with E-state index >= 15 is 0 Å². The number of carbonyl (C=O) groups is 1. The summed E-state index contributed by atoms with van der Waals surface area (Å²) in [6, 6.07) is 4.84. The summed E-state index contributed by atoms with van der Waals surface area (Å²) < 4.78 is 35.8. The Kier molecular flexibility index (Phi) is 5.84. The van der Waals surface area contributed by atoms with Crippen LogP contribution >= 0.6 is 0 Å². The number of methoxy groups -OCH3 is 1. The first-order valence-electron chi connectivity index (χ1n) is 7.68. The first-order valence-corrected chi connectivity index (χ1v) is 9.29. The van der Waals surface area contributed by atoms with E-state index in [9.17, 15) is 13.2 Å². The zero-order valence-corrected chi connectivity index (χ0v) is 15.2. The molecule has 0 saturated carbocycles. The predicted molar refractivity (Wildman–Crippen MR) is 90.8 cm³/mol. The molecule has 7 nitrogen and oxygen atoms in total. The third-order valence-corrected chi connectivity index (χ3v) is 6.12. The van der Waals surface area contributed by atoms with Crippen molar-refractivity contribution in [1.82, 2.24) is 9.62 Å². The Labute approximate surface area is 143 Å². The van der Waals surface area contributed by atoms with Gasteiger partial charge in [-0.2, -0.15) is 0 Å². The lowest BCUT2D eigenvalue weighted by Crippen LogP contribution is -2.43. The first kappa shape index (κ1) is 18.7. The second-order valence-corrected chi connectivity index (χ2v) is 8.35. The number of hydrogen-bond donors (Lipinski definition) is 1. The van der Waals surface area contributed by atoms with E-state index in [4.69, 9.17) is 9.47 Å². The molecule has 0 radical (unpaired) electrons. The Morgan fingerprint density at radius 3 is 2.67 bits per heavy atom. The van der Waals surface area contributed by atoms with Crippen LogP contribution in [0.2, 0.25) is 0 Å². The summed E-state index contributed by atoms with van der Waals surface area (Å²) >= 11 is 0. The van der Waals surface area contributed by atoms with Gasteiger partial charge in [0.2, 0.25) is 10.0 Å². The van der Waals surface area contributed by atoms with Crippen LogP contribution in [0.25, 0.3) is 0 Å². The van der Waals surface area contributed by atoms with Crippen molar-refractivity contribution in [2.24, 2.45) is 5.92 Å². The van der Waals surface area contributed by atoms with Crippen LogP contribution in [0.15, 0.2) is 18.2 Å². The third-order valence-electron chi connectivity index (χ3n) is 4.15. The summed E-state index contributed by atoms with van der Waals surface area (Å²) in [7, 11) is 1.23. The second-order valence-electron chi connectivity index (χ2n) is 6.12. The fourth-order valence-corrected chi connectivity index (χ4v) is 3.78. The van der Waals surface area contributed by atoms with Crippen molar-refractivity contribution < 1.29 is 22.7 Å². The number of aryl methyl sites for hydroxylation is 1. The Morgan fingerprint density at radius 1 is 1.38 bits per heavy atom. The van der Waals surface area contributed by atoms with E-state index in [0.29, 0.717) is 24.5 Å². The summed E-state index contributed by atoms with van der Waals surface area (Å²) in [5.74, 6) is 0.155. The predicted octanol–water partition coefficient (Wildman–Crippen LogP) is 0.640. The number of sulfonamides is 1. The molecule has 0 bridgehead atoms. The molecule has 1 heterocycles. The molecule has 1 aromatic rings. The summed E-state index contributed by atoms with van der Waals surface area (Å²) in [6.45, 7) is 2.49. The molecule has 0 aromatic heterocycles. The van der Waals surface area contributed by atoms with Crippen LogP contribution < -0.4 is 10.1 Å². The number of benzene rings is 1. The van der Waals surface area contributed by atoms with E-state index in [1.807, 2.05) is 6.92 Å². The van der Waals surface area contributed by atoms with Gasteiger partial charge in [0.05, 0.1) is 32.1 Å². The van der Waals surface area contributed by atoms with E-state index < -0.39 is 10.0 Å². The van der Waals surface area contributed by atoms with Crippen molar-refractivity contribution >= 4 is 15.9 Å². The van der Waals surface area contributed by atoms with Gasteiger partial charge >= 0.3 is 0 Å². The quantitative estimate of drug-likeness (QED) is 0.809. The van der Waals surface area contributed by atoms with Crippen molar-refractivity contribution in [3.05, 3.63) is 29.3 Å². The maximum atomic E-state index is 12.4. The maximum Gasteiger partial charge on any atom is 0.251 e. The minimum atomic E-state index is -3.35. The molecule has 8 heteroatoms. The monoisotopic (exact) mass is 356 g/mol. The topological polar surface area (TPSA) is 84.9 Å². The van der Waals surface area contributed by atoms with Crippen LogP contribution in [0.3, 0.4) is 0 Å². The van der Waals surface area contributed by atoms with Gasteiger partial charge in [0.25, 0.3) is 5.91 Å². The molecule has 24 heavy (non-hydrogen) atoms. The second kappa shape index (κ2) is 7.50. The largest absolute Gasteiger partial charge is 0.496 e. The van der Waals surface area contributed by atoms with Crippen LogP contribution in [0.4, 0.5) is 0 Å². The highest BCUT2D eigenvalue weighted by atomic mass is 32.2. The van der Waals surface area contributed by atoms with Crippen LogP contribution in [0, 0.1) is 12.8 Å². The molecular formula is C16H24N2O5S. The van der Waals surface area contributed by atoms with Crippen LogP contribution in [-0.4, -0.2) is 64.8 Å². The lowest BCUT2D eigenvalue weighted by molar-refractivity contribution is 0.0926. The van der Waals surface area contributed by atoms with E-state index in [2.05, 4.69) is 5.32 Å². The zero-order chi connectivity index (χ0) is 17.9. The molecule has 1 aliphatic rings. The normalized spacial score (nSPS) is 21.0. The number of rotatable bonds is 6. The van der Waals surface area contributed by atoms with Gasteiger partial charge in [-0.25, -0.2) is 12.7 Å². The number of carbonyl (C=O) groups excluding carboxylic acids is 1. The minimum Gasteiger partial charge on any atom is -0.496 e. The number of amides is 1. The fraction of sp³-hybridized carbons (Fsp3) is 0.562. The van der Waals surface area contributed by atoms with Gasteiger partial charge in [-0.15, -0.1) is 0 Å². The molecule has 1 amide bonds. The van der Waals surface area contributed by atoms with Crippen LogP contribution in [0.5, 0.6) is 5.75 Å². The molecule has 1 saturated heterocycles. The molecule has 0 spiro atoms. The number of nitrogens with one attached hydrogen (secondary N) is 1. The van der Waals surface area contributed by atoms with E-state index in [1.54, 1.807) is 25.3 Å². The van der Waals surface area contributed by atoms with E-state index in [1.165, 1.54) is 18.4 Å². The zero-order valence-electron chi connectivity index (χ0n) is 14.4. The maximum absolute atomic E-state index is 12.4. The minimum absolute atomic E-state index is 0.0490. The lowest BCUT2D eigenvalue weighted by atomic mass is 10.0. The van der Waals surface area contributed by atoms with Crippen molar-refractivity contribution in [2.45, 2.75) is 13.0 Å². The van der Waals surface area contributed by atoms with Crippen molar-refractivity contribution in [2.75, 3.05) is 40.2 Å². The van der Waals surface area contributed by atoms with Gasteiger partial charge in [0.15, 0.2) is 0 Å². The van der Waals surface area contributed by atoms with Gasteiger partial charge in [-0.3, -0.25) is 4.79 Å². The number of ether oxygens (including phenoxy) is 2. The fourth-order valence-electron chi connectivity index (χ4n) is 2.61. The van der Waals surface area contributed by atoms with Crippen molar-refractivity contribution in [3.63, 3.8) is 0 Å². The highest BCUT2D eigenvalue weighted by molar-refractivity contribution is 7.89. The summed E-state index contributed by atoms with van der Waals surface area (Å²) in [4.78, 5) is 12.4. The average Bonchev–Trinajstić information content (AvgIpc) is 2.93. The first-order chi connectivity index (χ1) is 11.2. The van der Waals surface area contributed by atoms with Gasteiger partial charge < -0.3 is 14.8 Å². The third kappa shape index (κ3) is 4.25. The van der Waals surface area contributed by atoms with Crippen LogP contribution in [0.1, 0.15) is 15.9 Å². The molecule has 0 aliphatic carbocycles. The molecule has 1 aliphatic heterocycles. The standard InChI is InChI=1S/C16H24N2O5S/c1-11-7-12(5-6-15(11)22-4)16(19)17-14-9-23-8-13(14)10-24(20,21)18(2)3/h5-7,13-14H,8-10H2,1-4H3,(H,17,19)/t13-,14+/m0/s1. The highest BCUT2D eigenvalue weighted by Crippen LogP contribution is 2.20. The number of hydrogen-bond acceptors (Lipinski definition) is 5. The van der Waals surface area contributed by atoms with Crippen LogP contribution in [-0.2, 0) is 14.8 Å². The Morgan fingerprint density at radius 2 is 2.08 bits per heavy atom. The Hall–Kier alpha value is -1.64. The molecule has 1 N–H and O–H groups in total. The molecule has 1 aromatic carbocycles. The molecule has 134 valence electrons. The highest BCUT2D eigenvalue weighted by Gasteiger charge is 2.34. The molecule has 2 atom stereocenters. The van der Waals surface area contributed by atoms with E-state index in [0.717, 1.165) is 5.56 Å². The summed E-state index contributed by atoms with van der Waals surface area (Å²) in [6.07, 6.45) is 0. The Bertz CT molecular complexity index is 702. The summed E-state index contributed by atoms with van der Waals surface area (Å²) in [5.41, 5.74) is 1.37. The molecular weight excluding hydrogens is 332 g/mol. The molecule has 0 unspecified atom stereocenters. The molecule has 1 fully saturated rings. The van der Waals surface area contributed by atoms with Gasteiger partial charge in [0.1, 0.15) is 5.75 Å². The lowest BCUT2D eigenvalue weighted by Gasteiger charge is -2.21. The SMILES string of the molecule is COc1ccc(C(=O)N[C@@H]2COC[C@H]2CS(=O)(=O)N(C)C)cc1C. The van der Waals surface area contributed by atoms with Crippen molar-refractivity contribution in [3.8, 4) is 5.75 Å². The van der Waals surface area contributed by atoms with Gasteiger partial charge in [-0.05, 0) is 30.7 Å². The van der Waals surface area contributed by atoms with Gasteiger partial charge in [-0.1, -0.05) is 0 Å². The molecule has 2 rings (SSSR count). The van der Waals surface area contributed by atoms with Crippen molar-refractivity contribution in [1.29, 1.82) is 0 Å². The van der Waals surface area contributed by atoms with Gasteiger partial charge in [0, 0.05) is 25.6 Å². The number of nitrogens with zero attached hydrogens (tertiary/aromatic N) is 1. The smallest absolute Gasteiger partial charge is 0.251 e. The summed E-state index contributed by atoms with van der Waals surface area (Å²) in [5, 5.41) is 2.88. The Balaban J connectivity index is 2.06.